The van der Waals surface area contributed by atoms with Crippen molar-refractivity contribution in [3.8, 4) is 0 Å². The number of allylic oxidation sites excluding steroid dienone is 2. The summed E-state index contributed by atoms with van der Waals surface area (Å²) in [6, 6.07) is 5.80. The summed E-state index contributed by atoms with van der Waals surface area (Å²) in [5.41, 5.74) is 2.31. The number of hydrogen-bond donors (Lipinski definition) is 2. The van der Waals surface area contributed by atoms with Gasteiger partial charge in [0.15, 0.2) is 0 Å². The fraction of sp³-hybridized carbons (Fsp3) is 0.444. The van der Waals surface area contributed by atoms with Crippen LogP contribution in [0.5, 0.6) is 0 Å². The standard InChI is InChI=1S/C18H22N2O2/c1-12-6-7-14(18(22)19-15-8-9-15)11-16(12)20-17(21)10-13-4-2-3-5-13/h2,4,6-7,11,13,15H,3,5,8-10H2,1H3,(H,19,22)(H,20,21)/t13-/m0/s1. The second kappa shape index (κ2) is 6.34. The van der Waals surface area contributed by atoms with E-state index >= 15 is 0 Å². The van der Waals surface area contributed by atoms with Crippen molar-refractivity contribution in [1.82, 2.24) is 5.32 Å². The average molecular weight is 298 g/mol. The Morgan fingerprint density at radius 2 is 2.05 bits per heavy atom. The van der Waals surface area contributed by atoms with Crippen molar-refractivity contribution < 1.29 is 9.59 Å². The predicted octanol–water partition coefficient (Wildman–Crippen LogP) is 3.18. The molecule has 4 nitrogen and oxygen atoms in total. The molecule has 4 heteroatoms. The predicted molar refractivity (Wildman–Crippen MR) is 86.8 cm³/mol. The number of carbonyl (C=O) groups is 2. The Morgan fingerprint density at radius 3 is 2.73 bits per heavy atom. The lowest BCUT2D eigenvalue weighted by Gasteiger charge is -2.12. The van der Waals surface area contributed by atoms with Gasteiger partial charge in [0, 0.05) is 23.7 Å². The summed E-state index contributed by atoms with van der Waals surface area (Å²) in [6.45, 7) is 1.94. The third-order valence-corrected chi connectivity index (χ3v) is 4.25. The van der Waals surface area contributed by atoms with Gasteiger partial charge in [-0.25, -0.2) is 0 Å². The van der Waals surface area contributed by atoms with Crippen LogP contribution in [0.2, 0.25) is 0 Å². The molecule has 0 saturated heterocycles. The van der Waals surface area contributed by atoms with E-state index in [0.29, 0.717) is 23.9 Å². The largest absolute Gasteiger partial charge is 0.349 e. The Morgan fingerprint density at radius 1 is 1.23 bits per heavy atom. The monoisotopic (exact) mass is 298 g/mol. The van der Waals surface area contributed by atoms with E-state index in [2.05, 4.69) is 22.8 Å². The number of nitrogens with one attached hydrogen (secondary N) is 2. The highest BCUT2D eigenvalue weighted by atomic mass is 16.2. The third-order valence-electron chi connectivity index (χ3n) is 4.25. The number of anilines is 1. The maximum Gasteiger partial charge on any atom is 0.251 e. The van der Waals surface area contributed by atoms with Crippen LogP contribution in [0.25, 0.3) is 0 Å². The Kier molecular flexibility index (Phi) is 4.27. The molecule has 0 heterocycles. The highest BCUT2D eigenvalue weighted by Crippen LogP contribution is 2.23. The lowest BCUT2D eigenvalue weighted by molar-refractivity contribution is -0.116. The van der Waals surface area contributed by atoms with E-state index in [0.717, 1.165) is 36.9 Å². The smallest absolute Gasteiger partial charge is 0.251 e. The van der Waals surface area contributed by atoms with Crippen molar-refractivity contribution in [1.29, 1.82) is 0 Å². The molecule has 0 radical (unpaired) electrons. The van der Waals surface area contributed by atoms with Crippen LogP contribution in [0.1, 0.15) is 48.0 Å². The molecular formula is C18H22N2O2. The van der Waals surface area contributed by atoms with Gasteiger partial charge in [0.1, 0.15) is 0 Å². The second-order valence-electron chi connectivity index (χ2n) is 6.30. The van der Waals surface area contributed by atoms with Gasteiger partial charge in [0.2, 0.25) is 5.91 Å². The first-order chi connectivity index (χ1) is 10.6. The first kappa shape index (κ1) is 14.8. The molecule has 1 saturated carbocycles. The van der Waals surface area contributed by atoms with Gasteiger partial charge in [-0.3, -0.25) is 9.59 Å². The van der Waals surface area contributed by atoms with Crippen molar-refractivity contribution in [2.75, 3.05) is 5.32 Å². The summed E-state index contributed by atoms with van der Waals surface area (Å²) in [4.78, 5) is 24.2. The Bertz CT molecular complexity index is 618. The average Bonchev–Trinajstić information content (AvgIpc) is 3.15. The number of carbonyl (C=O) groups excluding carboxylic acids is 2. The molecule has 1 aromatic rings. The molecule has 1 aromatic carbocycles. The van der Waals surface area contributed by atoms with E-state index in [-0.39, 0.29) is 11.8 Å². The molecule has 0 unspecified atom stereocenters. The maximum absolute atomic E-state index is 12.1. The van der Waals surface area contributed by atoms with E-state index in [1.165, 1.54) is 0 Å². The Balaban J connectivity index is 1.64. The minimum atomic E-state index is -0.0586. The summed E-state index contributed by atoms with van der Waals surface area (Å²) in [7, 11) is 0. The zero-order valence-electron chi connectivity index (χ0n) is 12.9. The van der Waals surface area contributed by atoms with E-state index in [9.17, 15) is 9.59 Å². The summed E-state index contributed by atoms with van der Waals surface area (Å²) in [6.07, 6.45) is 9.00. The van der Waals surface area contributed by atoms with Crippen LogP contribution in [-0.2, 0) is 4.79 Å². The van der Waals surface area contributed by atoms with Gasteiger partial charge in [-0.15, -0.1) is 0 Å². The van der Waals surface area contributed by atoms with E-state index in [1.807, 2.05) is 19.1 Å². The number of hydrogen-bond acceptors (Lipinski definition) is 2. The van der Waals surface area contributed by atoms with Crippen molar-refractivity contribution in [3.05, 3.63) is 41.5 Å². The van der Waals surface area contributed by atoms with Crippen molar-refractivity contribution in [2.45, 2.75) is 45.1 Å². The molecular weight excluding hydrogens is 276 g/mol. The molecule has 2 aliphatic carbocycles. The van der Waals surface area contributed by atoms with Crippen LogP contribution in [0.15, 0.2) is 30.4 Å². The molecule has 22 heavy (non-hydrogen) atoms. The molecule has 2 amide bonds. The Hall–Kier alpha value is -2.10. The lowest BCUT2D eigenvalue weighted by Crippen LogP contribution is -2.25. The fourth-order valence-electron chi connectivity index (χ4n) is 2.70. The maximum atomic E-state index is 12.1. The third kappa shape index (κ3) is 3.75. The van der Waals surface area contributed by atoms with Crippen LogP contribution in [0.4, 0.5) is 5.69 Å². The zero-order valence-corrected chi connectivity index (χ0v) is 12.9. The van der Waals surface area contributed by atoms with E-state index in [1.54, 1.807) is 6.07 Å². The molecule has 0 spiro atoms. The summed E-state index contributed by atoms with van der Waals surface area (Å²) in [5.74, 6) is 0.304. The normalized spacial score (nSPS) is 20.0. The number of rotatable bonds is 5. The number of benzene rings is 1. The molecule has 0 bridgehead atoms. The van der Waals surface area contributed by atoms with Crippen LogP contribution < -0.4 is 10.6 Å². The highest BCUT2D eigenvalue weighted by molar-refractivity contribution is 5.98. The van der Waals surface area contributed by atoms with E-state index in [4.69, 9.17) is 0 Å². The SMILES string of the molecule is Cc1ccc(C(=O)NC2CC2)cc1NC(=O)C[C@H]1C=CCC1. The lowest BCUT2D eigenvalue weighted by atomic mass is 10.0. The molecule has 3 rings (SSSR count). The summed E-state index contributed by atoms with van der Waals surface area (Å²) < 4.78 is 0. The van der Waals surface area contributed by atoms with Crippen molar-refractivity contribution >= 4 is 17.5 Å². The first-order valence-electron chi connectivity index (χ1n) is 8.00. The minimum Gasteiger partial charge on any atom is -0.349 e. The highest BCUT2D eigenvalue weighted by Gasteiger charge is 2.24. The molecule has 1 fully saturated rings. The summed E-state index contributed by atoms with van der Waals surface area (Å²) >= 11 is 0. The van der Waals surface area contributed by atoms with Gasteiger partial charge in [-0.2, -0.15) is 0 Å². The molecule has 1 atom stereocenters. The zero-order chi connectivity index (χ0) is 15.5. The fourth-order valence-corrected chi connectivity index (χ4v) is 2.70. The molecule has 2 N–H and O–H groups in total. The Labute approximate surface area is 131 Å². The summed E-state index contributed by atoms with van der Waals surface area (Å²) in [5, 5.41) is 5.92. The van der Waals surface area contributed by atoms with Crippen LogP contribution in [0.3, 0.4) is 0 Å². The molecule has 2 aliphatic rings. The van der Waals surface area contributed by atoms with Gasteiger partial charge >= 0.3 is 0 Å². The topological polar surface area (TPSA) is 58.2 Å². The van der Waals surface area contributed by atoms with Gasteiger partial charge in [-0.1, -0.05) is 18.2 Å². The van der Waals surface area contributed by atoms with Crippen LogP contribution >= 0.6 is 0 Å². The molecule has 116 valence electrons. The second-order valence-corrected chi connectivity index (χ2v) is 6.30. The van der Waals surface area contributed by atoms with Crippen molar-refractivity contribution in [3.63, 3.8) is 0 Å². The quantitative estimate of drug-likeness (QED) is 0.820. The van der Waals surface area contributed by atoms with Crippen LogP contribution in [0, 0.1) is 12.8 Å². The van der Waals surface area contributed by atoms with Crippen LogP contribution in [-0.4, -0.2) is 17.9 Å². The first-order valence-corrected chi connectivity index (χ1v) is 8.00. The van der Waals surface area contributed by atoms with Gasteiger partial charge in [0.25, 0.3) is 5.91 Å². The molecule has 0 aliphatic heterocycles. The van der Waals surface area contributed by atoms with Crippen molar-refractivity contribution in [2.24, 2.45) is 5.92 Å². The number of amides is 2. The van der Waals surface area contributed by atoms with Gasteiger partial charge in [-0.05, 0) is 56.2 Å². The van der Waals surface area contributed by atoms with E-state index < -0.39 is 0 Å². The van der Waals surface area contributed by atoms with Gasteiger partial charge < -0.3 is 10.6 Å². The number of aryl methyl sites for hydroxylation is 1. The van der Waals surface area contributed by atoms with Gasteiger partial charge in [0.05, 0.1) is 0 Å². The molecule has 0 aromatic heterocycles. The minimum absolute atomic E-state index is 0.0133.